The van der Waals surface area contributed by atoms with Gasteiger partial charge in [-0.25, -0.2) is 9.37 Å². The van der Waals surface area contributed by atoms with Crippen molar-refractivity contribution in [3.05, 3.63) is 47.2 Å². The number of carbonyl (C=O) groups is 2. The molecule has 0 aliphatic carbocycles. The molecule has 122 valence electrons. The van der Waals surface area contributed by atoms with E-state index in [9.17, 15) is 14.0 Å². The Bertz CT molecular complexity index is 659. The number of benzene rings is 1. The Balaban J connectivity index is 1.94. The lowest BCUT2D eigenvalue weighted by molar-refractivity contribution is -0.136. The number of thiazole rings is 1. The van der Waals surface area contributed by atoms with Crippen LogP contribution in [0.2, 0.25) is 0 Å². The van der Waals surface area contributed by atoms with Crippen LogP contribution in [0.4, 0.5) is 9.52 Å². The zero-order valence-electron chi connectivity index (χ0n) is 12.7. The molecule has 1 atom stereocenters. The summed E-state index contributed by atoms with van der Waals surface area (Å²) in [5.74, 6) is -1.83. The minimum absolute atomic E-state index is 0.174. The highest BCUT2D eigenvalue weighted by molar-refractivity contribution is 7.13. The third-order valence-electron chi connectivity index (χ3n) is 3.19. The van der Waals surface area contributed by atoms with Gasteiger partial charge in [-0.05, 0) is 31.8 Å². The maximum absolute atomic E-state index is 13.0. The van der Waals surface area contributed by atoms with Crippen molar-refractivity contribution >= 4 is 28.3 Å². The van der Waals surface area contributed by atoms with Crippen molar-refractivity contribution in [1.29, 1.82) is 0 Å². The fourth-order valence-corrected chi connectivity index (χ4v) is 2.52. The predicted octanol–water partition coefficient (Wildman–Crippen LogP) is 1.64. The summed E-state index contributed by atoms with van der Waals surface area (Å²) >= 11 is 1.23. The van der Waals surface area contributed by atoms with Gasteiger partial charge in [0, 0.05) is 18.1 Å². The van der Waals surface area contributed by atoms with E-state index < -0.39 is 11.8 Å². The number of nitrogens with zero attached hydrogens (tertiary/aromatic N) is 2. The van der Waals surface area contributed by atoms with Gasteiger partial charge in [0.2, 0.25) is 0 Å². The number of carbonyl (C=O) groups excluding carboxylic acids is 2. The van der Waals surface area contributed by atoms with Crippen LogP contribution in [-0.2, 0) is 9.59 Å². The first-order valence-corrected chi connectivity index (χ1v) is 7.76. The summed E-state index contributed by atoms with van der Waals surface area (Å²) in [6, 6.07) is 5.86. The Morgan fingerprint density at radius 1 is 1.26 bits per heavy atom. The number of hydrogen-bond acceptors (Lipinski definition) is 5. The lowest BCUT2D eigenvalue weighted by Crippen LogP contribution is -2.40. The Kier molecular flexibility index (Phi) is 5.78. The first-order chi connectivity index (χ1) is 11.0. The quantitative estimate of drug-likeness (QED) is 0.814. The van der Waals surface area contributed by atoms with Crippen LogP contribution in [0.3, 0.4) is 0 Å². The van der Waals surface area contributed by atoms with Gasteiger partial charge in [-0.15, -0.1) is 11.3 Å². The molecule has 2 N–H and O–H groups in total. The summed E-state index contributed by atoms with van der Waals surface area (Å²) in [7, 11) is 3.69. The van der Waals surface area contributed by atoms with E-state index in [0.717, 1.165) is 5.56 Å². The van der Waals surface area contributed by atoms with Crippen LogP contribution in [0, 0.1) is 5.82 Å². The second kappa shape index (κ2) is 7.80. The lowest BCUT2D eigenvalue weighted by Gasteiger charge is -2.25. The summed E-state index contributed by atoms with van der Waals surface area (Å²) in [5, 5.41) is 7.06. The highest BCUT2D eigenvalue weighted by Gasteiger charge is 2.19. The average Bonchev–Trinajstić information content (AvgIpc) is 3.01. The number of likely N-dealkylation sites (N-methyl/N-ethyl adjacent to an activating group) is 1. The van der Waals surface area contributed by atoms with Gasteiger partial charge in [-0.3, -0.25) is 14.9 Å². The first kappa shape index (κ1) is 17.0. The standard InChI is InChI=1S/C15H17FN4O2S/c1-20(2)12(10-3-5-11(16)6-4-10)9-18-13(21)14(22)19-15-17-7-8-23-15/h3-8,12H,9H2,1-2H3,(H,18,21)(H,17,19,22)/t12-/m0/s1. The smallest absolute Gasteiger partial charge is 0.315 e. The third-order valence-corrected chi connectivity index (χ3v) is 3.88. The second-order valence-electron chi connectivity index (χ2n) is 5.03. The number of rotatable bonds is 5. The minimum Gasteiger partial charge on any atom is -0.346 e. The molecule has 0 saturated heterocycles. The van der Waals surface area contributed by atoms with Gasteiger partial charge >= 0.3 is 11.8 Å². The van der Waals surface area contributed by atoms with Crippen molar-refractivity contribution in [2.45, 2.75) is 6.04 Å². The summed E-state index contributed by atoms with van der Waals surface area (Å²) < 4.78 is 13.0. The molecule has 2 amide bonds. The molecule has 6 nitrogen and oxygen atoms in total. The van der Waals surface area contributed by atoms with E-state index in [1.807, 2.05) is 19.0 Å². The molecular weight excluding hydrogens is 319 g/mol. The maximum Gasteiger partial charge on any atom is 0.315 e. The Morgan fingerprint density at radius 2 is 1.96 bits per heavy atom. The van der Waals surface area contributed by atoms with Gasteiger partial charge in [0.1, 0.15) is 5.82 Å². The van der Waals surface area contributed by atoms with Gasteiger partial charge < -0.3 is 10.2 Å². The SMILES string of the molecule is CN(C)[C@@H](CNC(=O)C(=O)Nc1nccs1)c1ccc(F)cc1. The number of halogens is 1. The topological polar surface area (TPSA) is 74.3 Å². The Labute approximate surface area is 137 Å². The van der Waals surface area contributed by atoms with Crippen LogP contribution >= 0.6 is 11.3 Å². The van der Waals surface area contributed by atoms with E-state index >= 15 is 0 Å². The molecule has 0 saturated carbocycles. The van der Waals surface area contributed by atoms with E-state index in [2.05, 4.69) is 15.6 Å². The van der Waals surface area contributed by atoms with Crippen LogP contribution < -0.4 is 10.6 Å². The molecule has 0 aliphatic rings. The van der Waals surface area contributed by atoms with Crippen LogP contribution in [0.25, 0.3) is 0 Å². The lowest BCUT2D eigenvalue weighted by atomic mass is 10.1. The fraction of sp³-hybridized carbons (Fsp3) is 0.267. The molecule has 0 radical (unpaired) electrons. The third kappa shape index (κ3) is 4.83. The molecule has 0 bridgehead atoms. The zero-order valence-corrected chi connectivity index (χ0v) is 13.6. The Morgan fingerprint density at radius 3 is 2.52 bits per heavy atom. The van der Waals surface area contributed by atoms with Gasteiger partial charge in [0.05, 0.1) is 6.04 Å². The molecule has 0 fully saturated rings. The summed E-state index contributed by atoms with van der Waals surface area (Å²) in [4.78, 5) is 29.4. The van der Waals surface area contributed by atoms with E-state index in [0.29, 0.717) is 5.13 Å². The molecule has 2 rings (SSSR count). The summed E-state index contributed by atoms with van der Waals surface area (Å²) in [6.45, 7) is 0.225. The number of hydrogen-bond donors (Lipinski definition) is 2. The highest BCUT2D eigenvalue weighted by Crippen LogP contribution is 2.17. The largest absolute Gasteiger partial charge is 0.346 e. The van der Waals surface area contributed by atoms with Crippen molar-refractivity contribution in [3.8, 4) is 0 Å². The molecule has 0 aliphatic heterocycles. The van der Waals surface area contributed by atoms with Gasteiger partial charge in [0.15, 0.2) is 5.13 Å². The fourth-order valence-electron chi connectivity index (χ4n) is 1.99. The van der Waals surface area contributed by atoms with Crippen molar-refractivity contribution in [2.75, 3.05) is 26.0 Å². The van der Waals surface area contributed by atoms with E-state index in [1.54, 1.807) is 17.5 Å². The molecule has 0 spiro atoms. The molecule has 2 aromatic rings. The molecule has 0 unspecified atom stereocenters. The molecule has 8 heteroatoms. The molecular formula is C15H17FN4O2S. The number of nitrogens with one attached hydrogen (secondary N) is 2. The molecule has 1 aromatic heterocycles. The summed E-state index contributed by atoms with van der Waals surface area (Å²) in [6.07, 6.45) is 1.54. The number of aromatic nitrogens is 1. The van der Waals surface area contributed by atoms with Crippen molar-refractivity contribution < 1.29 is 14.0 Å². The molecule has 23 heavy (non-hydrogen) atoms. The van der Waals surface area contributed by atoms with Crippen molar-refractivity contribution in [3.63, 3.8) is 0 Å². The second-order valence-corrected chi connectivity index (χ2v) is 5.93. The van der Waals surface area contributed by atoms with E-state index in [-0.39, 0.29) is 18.4 Å². The van der Waals surface area contributed by atoms with Gasteiger partial charge in [0.25, 0.3) is 0 Å². The highest BCUT2D eigenvalue weighted by atomic mass is 32.1. The van der Waals surface area contributed by atoms with E-state index in [4.69, 9.17) is 0 Å². The van der Waals surface area contributed by atoms with Crippen LogP contribution in [0.15, 0.2) is 35.8 Å². The van der Waals surface area contributed by atoms with Gasteiger partial charge in [-0.1, -0.05) is 12.1 Å². The van der Waals surface area contributed by atoms with Crippen molar-refractivity contribution in [2.24, 2.45) is 0 Å². The van der Waals surface area contributed by atoms with Crippen LogP contribution in [0.1, 0.15) is 11.6 Å². The van der Waals surface area contributed by atoms with E-state index in [1.165, 1.54) is 29.7 Å². The molecule has 1 aromatic carbocycles. The minimum atomic E-state index is -0.767. The monoisotopic (exact) mass is 336 g/mol. The normalized spacial score (nSPS) is 12.0. The molecule has 1 heterocycles. The summed E-state index contributed by atoms with van der Waals surface area (Å²) in [5.41, 5.74) is 0.844. The first-order valence-electron chi connectivity index (χ1n) is 6.88. The van der Waals surface area contributed by atoms with Crippen LogP contribution in [0.5, 0.6) is 0 Å². The van der Waals surface area contributed by atoms with Gasteiger partial charge in [-0.2, -0.15) is 0 Å². The maximum atomic E-state index is 13.0. The number of anilines is 1. The zero-order chi connectivity index (χ0) is 16.8. The van der Waals surface area contributed by atoms with Crippen molar-refractivity contribution in [1.82, 2.24) is 15.2 Å². The predicted molar refractivity (Wildman–Crippen MR) is 86.6 cm³/mol. The van der Waals surface area contributed by atoms with Crippen LogP contribution in [-0.4, -0.2) is 42.3 Å². The average molecular weight is 336 g/mol. The number of amides is 2. The Hall–Kier alpha value is -2.32.